The highest BCUT2D eigenvalue weighted by Gasteiger charge is 3.19. The zero-order valence-electron chi connectivity index (χ0n) is 16.6. The van der Waals surface area contributed by atoms with Crippen molar-refractivity contribution >= 4 is 0 Å². The van der Waals surface area contributed by atoms with Gasteiger partial charge in [0.05, 0.1) is 0 Å². The van der Waals surface area contributed by atoms with E-state index in [9.17, 15) is 0 Å². The van der Waals surface area contributed by atoms with Crippen molar-refractivity contribution in [1.29, 1.82) is 0 Å². The first-order valence-corrected chi connectivity index (χ1v) is 10.8. The topological polar surface area (TPSA) is 0 Å². The quantitative estimate of drug-likeness (QED) is 0.532. The largest absolute Gasteiger partial charge is 0.0651 e. The van der Waals surface area contributed by atoms with Gasteiger partial charge >= 0.3 is 0 Å². The van der Waals surface area contributed by atoms with E-state index in [2.05, 4.69) is 48.5 Å². The van der Waals surface area contributed by atoms with Gasteiger partial charge < -0.3 is 0 Å². The summed E-state index contributed by atoms with van der Waals surface area (Å²) in [5.41, 5.74) is 3.10. The van der Waals surface area contributed by atoms with Crippen molar-refractivity contribution in [2.24, 2.45) is 63.1 Å². The molecule has 23 heavy (non-hydrogen) atoms. The maximum atomic E-state index is 2.75. The fourth-order valence-electron chi connectivity index (χ4n) is 10.2. The van der Waals surface area contributed by atoms with E-state index in [1.807, 2.05) is 0 Å². The van der Waals surface area contributed by atoms with Crippen LogP contribution in [-0.4, -0.2) is 0 Å². The smallest absolute Gasteiger partial charge is 0.00800 e. The molecule has 0 nitrogen and oxygen atoms in total. The molecule has 5 rings (SSSR count). The van der Waals surface area contributed by atoms with Crippen LogP contribution in [0.4, 0.5) is 0 Å². The molecule has 0 radical (unpaired) electrons. The summed E-state index contributed by atoms with van der Waals surface area (Å²) in [7, 11) is 0. The molecule has 5 aliphatic carbocycles. The summed E-state index contributed by atoms with van der Waals surface area (Å²) in [6.07, 6.45) is 7.48. The highest BCUT2D eigenvalue weighted by molar-refractivity contribution is 5.65. The molecule has 0 aromatic rings. The molecular formula is C23H38. The van der Waals surface area contributed by atoms with Gasteiger partial charge in [-0.05, 0) is 82.3 Å². The molecule has 0 saturated heterocycles. The van der Waals surface area contributed by atoms with Gasteiger partial charge in [-0.1, -0.05) is 61.3 Å². The van der Waals surface area contributed by atoms with Gasteiger partial charge in [-0.15, -0.1) is 0 Å². The van der Waals surface area contributed by atoms with E-state index >= 15 is 0 Å². The SMILES string of the molecule is CCC(C)CCC1(C)CCC2C3C4C(C)C45C23C15C(C)C(C)C. The van der Waals surface area contributed by atoms with E-state index in [4.69, 9.17) is 0 Å². The minimum absolute atomic E-state index is 0.644. The third-order valence-corrected chi connectivity index (χ3v) is 11.0. The third kappa shape index (κ3) is 1.09. The molecule has 5 aliphatic rings. The fraction of sp³-hybridized carbons (Fsp3) is 1.00. The normalized spacial score (nSPS) is 62.6. The molecule has 0 amide bonds. The zero-order chi connectivity index (χ0) is 16.6. The summed E-state index contributed by atoms with van der Waals surface area (Å²) in [6.45, 7) is 17.9. The van der Waals surface area contributed by atoms with E-state index in [0.717, 1.165) is 45.8 Å². The van der Waals surface area contributed by atoms with E-state index in [-0.39, 0.29) is 0 Å². The summed E-state index contributed by atoms with van der Waals surface area (Å²) in [4.78, 5) is 0. The molecule has 0 bridgehead atoms. The lowest BCUT2D eigenvalue weighted by Crippen LogP contribution is -2.42. The Morgan fingerprint density at radius 1 is 1.04 bits per heavy atom. The Hall–Kier alpha value is 0. The number of hydrogen-bond acceptors (Lipinski definition) is 0. The van der Waals surface area contributed by atoms with Crippen LogP contribution < -0.4 is 0 Å². The van der Waals surface area contributed by atoms with Crippen LogP contribution in [0.2, 0.25) is 0 Å². The number of hydrogen-bond donors (Lipinski definition) is 0. The predicted molar refractivity (Wildman–Crippen MR) is 97.0 cm³/mol. The zero-order valence-corrected chi connectivity index (χ0v) is 16.6. The molecule has 10 atom stereocenters. The Balaban J connectivity index is 1.55. The molecule has 5 saturated carbocycles. The molecule has 0 N–H and O–H groups in total. The molecule has 0 heterocycles. The molecule has 2 spiro atoms. The average Bonchev–Trinajstić information content (AvgIpc) is 3.38. The van der Waals surface area contributed by atoms with E-state index in [1.54, 1.807) is 12.8 Å². The summed E-state index contributed by atoms with van der Waals surface area (Å²) in [6, 6.07) is 0. The van der Waals surface area contributed by atoms with Crippen molar-refractivity contribution in [3.8, 4) is 0 Å². The Bertz CT molecular complexity index is 548. The highest BCUT2D eigenvalue weighted by Crippen LogP contribution is 3.22. The molecule has 0 heteroatoms. The van der Waals surface area contributed by atoms with Crippen LogP contribution in [0, 0.1) is 63.1 Å². The predicted octanol–water partition coefficient (Wildman–Crippen LogP) is 6.40. The summed E-state index contributed by atoms with van der Waals surface area (Å²) in [5.74, 6) is 7.31. The van der Waals surface area contributed by atoms with Crippen molar-refractivity contribution < 1.29 is 0 Å². The summed E-state index contributed by atoms with van der Waals surface area (Å²) >= 11 is 0. The molecule has 5 fully saturated rings. The van der Waals surface area contributed by atoms with Gasteiger partial charge in [0.25, 0.3) is 0 Å². The molecule has 0 aromatic carbocycles. The minimum Gasteiger partial charge on any atom is -0.0651 e. The van der Waals surface area contributed by atoms with E-state index in [1.165, 1.54) is 31.1 Å². The van der Waals surface area contributed by atoms with Crippen molar-refractivity contribution in [2.75, 3.05) is 0 Å². The second-order valence-corrected chi connectivity index (χ2v) is 11.2. The van der Waals surface area contributed by atoms with Crippen molar-refractivity contribution in [3.05, 3.63) is 0 Å². The van der Waals surface area contributed by atoms with Crippen molar-refractivity contribution in [1.82, 2.24) is 0 Å². The molecule has 0 aromatic heterocycles. The monoisotopic (exact) mass is 314 g/mol. The Kier molecular flexibility index (Phi) is 2.58. The summed E-state index contributed by atoms with van der Waals surface area (Å²) < 4.78 is 0. The van der Waals surface area contributed by atoms with Gasteiger partial charge in [0, 0.05) is 0 Å². The molecular weight excluding hydrogens is 276 g/mol. The van der Waals surface area contributed by atoms with Crippen molar-refractivity contribution in [3.63, 3.8) is 0 Å². The first-order valence-electron chi connectivity index (χ1n) is 10.8. The Labute approximate surface area is 144 Å². The number of rotatable bonds is 6. The van der Waals surface area contributed by atoms with Crippen LogP contribution in [0.3, 0.4) is 0 Å². The van der Waals surface area contributed by atoms with Gasteiger partial charge in [0.15, 0.2) is 0 Å². The lowest BCUT2D eigenvalue weighted by Gasteiger charge is -2.48. The first kappa shape index (κ1) is 15.3. The highest BCUT2D eigenvalue weighted by atomic mass is 15.2. The maximum absolute atomic E-state index is 2.75. The van der Waals surface area contributed by atoms with Gasteiger partial charge in [0.1, 0.15) is 0 Å². The molecule has 0 aliphatic heterocycles. The standard InChI is InChI=1S/C23H38/c1-8-14(4)9-11-20(7)12-10-17-19-18-16(6)21(18)22(17,19)23(20,21)15(5)13(2)3/h13-19H,8-12H2,1-7H3. The van der Waals surface area contributed by atoms with Crippen LogP contribution in [0.5, 0.6) is 0 Å². The van der Waals surface area contributed by atoms with Crippen LogP contribution in [0.1, 0.15) is 80.6 Å². The van der Waals surface area contributed by atoms with Crippen LogP contribution >= 0.6 is 0 Å². The average molecular weight is 315 g/mol. The molecule has 10 unspecified atom stereocenters. The van der Waals surface area contributed by atoms with E-state index in [0.29, 0.717) is 5.41 Å². The molecule has 130 valence electrons. The number of fused-ring (bicyclic) bond motifs is 2. The van der Waals surface area contributed by atoms with Gasteiger partial charge in [-0.3, -0.25) is 0 Å². The minimum atomic E-state index is 0.644. The van der Waals surface area contributed by atoms with Gasteiger partial charge in [0.2, 0.25) is 0 Å². The fourth-order valence-corrected chi connectivity index (χ4v) is 10.2. The second kappa shape index (κ2) is 3.88. The van der Waals surface area contributed by atoms with Crippen LogP contribution in [-0.2, 0) is 0 Å². The van der Waals surface area contributed by atoms with Gasteiger partial charge in [-0.2, -0.15) is 0 Å². The lowest BCUT2D eigenvalue weighted by molar-refractivity contribution is -0.000673. The summed E-state index contributed by atoms with van der Waals surface area (Å²) in [5, 5.41) is 0. The van der Waals surface area contributed by atoms with Crippen LogP contribution in [0.15, 0.2) is 0 Å². The van der Waals surface area contributed by atoms with Crippen molar-refractivity contribution in [2.45, 2.75) is 80.6 Å². The third-order valence-electron chi connectivity index (χ3n) is 11.0. The van der Waals surface area contributed by atoms with Crippen LogP contribution in [0.25, 0.3) is 0 Å². The maximum Gasteiger partial charge on any atom is -0.00800 e. The first-order chi connectivity index (χ1) is 10.8. The van der Waals surface area contributed by atoms with E-state index < -0.39 is 0 Å². The lowest BCUT2D eigenvalue weighted by atomic mass is 9.56. The second-order valence-electron chi connectivity index (χ2n) is 11.2. The van der Waals surface area contributed by atoms with Gasteiger partial charge in [-0.25, -0.2) is 0 Å². The Morgan fingerprint density at radius 2 is 1.74 bits per heavy atom. The Morgan fingerprint density at radius 3 is 2.35 bits per heavy atom.